The van der Waals surface area contributed by atoms with Crippen LogP contribution >= 0.6 is 11.6 Å². The van der Waals surface area contributed by atoms with Crippen molar-refractivity contribution in [3.63, 3.8) is 0 Å². The third kappa shape index (κ3) is 3.58. The van der Waals surface area contributed by atoms with Crippen molar-refractivity contribution in [3.05, 3.63) is 69.9 Å². The van der Waals surface area contributed by atoms with Crippen LogP contribution < -0.4 is 4.90 Å². The van der Waals surface area contributed by atoms with E-state index in [4.69, 9.17) is 11.6 Å². The third-order valence-corrected chi connectivity index (χ3v) is 6.02. The molecule has 2 aromatic rings. The van der Waals surface area contributed by atoms with Gasteiger partial charge < -0.3 is 4.90 Å². The molecule has 2 aliphatic rings. The van der Waals surface area contributed by atoms with Gasteiger partial charge in [0, 0.05) is 18.1 Å². The zero-order valence-electron chi connectivity index (χ0n) is 17.0. The number of hydrogen-bond donors (Lipinski definition) is 0. The maximum absolute atomic E-state index is 13.6. The van der Waals surface area contributed by atoms with Crippen molar-refractivity contribution < 1.29 is 9.59 Å². The van der Waals surface area contributed by atoms with Gasteiger partial charge in [-0.2, -0.15) is 0 Å². The maximum atomic E-state index is 13.6. The Morgan fingerprint density at radius 3 is 2.41 bits per heavy atom. The van der Waals surface area contributed by atoms with Crippen molar-refractivity contribution >= 4 is 34.7 Å². The highest BCUT2D eigenvalue weighted by atomic mass is 35.5. The predicted molar refractivity (Wildman–Crippen MR) is 117 cm³/mol. The number of likely N-dealkylation sites (tertiary alicyclic amines) is 1. The zero-order valence-corrected chi connectivity index (χ0v) is 17.8. The molecular formula is C24H25ClN2O2. The van der Waals surface area contributed by atoms with Gasteiger partial charge in [-0.25, -0.2) is 4.90 Å². The Kier molecular flexibility index (Phi) is 5.22. The minimum Gasteiger partial charge on any atom is -0.366 e. The fraction of sp³-hybridized carbons (Fsp3) is 0.333. The van der Waals surface area contributed by atoms with Crippen molar-refractivity contribution in [1.29, 1.82) is 0 Å². The molecule has 1 unspecified atom stereocenters. The first-order valence-corrected chi connectivity index (χ1v) is 10.5. The number of hydrogen-bond acceptors (Lipinski definition) is 3. The monoisotopic (exact) mass is 408 g/mol. The number of imide groups is 1. The number of amides is 2. The summed E-state index contributed by atoms with van der Waals surface area (Å²) in [7, 11) is 0. The molecule has 0 bridgehead atoms. The molecule has 29 heavy (non-hydrogen) atoms. The topological polar surface area (TPSA) is 40.6 Å². The summed E-state index contributed by atoms with van der Waals surface area (Å²) in [4.78, 5) is 30.6. The van der Waals surface area contributed by atoms with Crippen LogP contribution in [-0.4, -0.2) is 29.8 Å². The lowest BCUT2D eigenvalue weighted by Crippen LogP contribution is -2.39. The van der Waals surface area contributed by atoms with Crippen molar-refractivity contribution in [2.75, 3.05) is 18.0 Å². The van der Waals surface area contributed by atoms with Gasteiger partial charge in [0.05, 0.1) is 11.3 Å². The number of rotatable bonds is 3. The summed E-state index contributed by atoms with van der Waals surface area (Å²) in [5, 5.41) is 0.503. The second-order valence-electron chi connectivity index (χ2n) is 8.16. The average molecular weight is 409 g/mol. The van der Waals surface area contributed by atoms with E-state index >= 15 is 0 Å². The van der Waals surface area contributed by atoms with Crippen LogP contribution in [0.3, 0.4) is 0 Å². The van der Waals surface area contributed by atoms with Crippen LogP contribution in [0.1, 0.15) is 36.5 Å². The van der Waals surface area contributed by atoms with Crippen LogP contribution in [0.15, 0.2) is 48.2 Å². The van der Waals surface area contributed by atoms with Crippen LogP contribution in [0.5, 0.6) is 0 Å². The van der Waals surface area contributed by atoms with E-state index in [1.165, 1.54) is 4.90 Å². The minimum atomic E-state index is -0.280. The summed E-state index contributed by atoms with van der Waals surface area (Å²) >= 11 is 6.19. The van der Waals surface area contributed by atoms with Gasteiger partial charge in [0.2, 0.25) is 0 Å². The van der Waals surface area contributed by atoms with Crippen molar-refractivity contribution in [2.24, 2.45) is 5.92 Å². The lowest BCUT2D eigenvalue weighted by Gasteiger charge is -2.33. The molecule has 2 aliphatic heterocycles. The van der Waals surface area contributed by atoms with Gasteiger partial charge in [-0.05, 0) is 55.9 Å². The highest BCUT2D eigenvalue weighted by Gasteiger charge is 2.43. The molecule has 2 amide bonds. The second-order valence-corrected chi connectivity index (χ2v) is 8.60. The lowest BCUT2D eigenvalue weighted by molar-refractivity contribution is -0.120. The molecule has 0 saturated carbocycles. The molecule has 2 aromatic carbocycles. The summed E-state index contributed by atoms with van der Waals surface area (Å²) in [6.45, 7) is 7.66. The fourth-order valence-corrected chi connectivity index (χ4v) is 4.39. The van der Waals surface area contributed by atoms with E-state index in [0.717, 1.165) is 42.6 Å². The number of anilines is 1. The highest BCUT2D eigenvalue weighted by Crippen LogP contribution is 2.38. The summed E-state index contributed by atoms with van der Waals surface area (Å²) < 4.78 is 0. The number of aryl methyl sites for hydroxylation is 2. The van der Waals surface area contributed by atoms with Gasteiger partial charge in [-0.3, -0.25) is 9.59 Å². The predicted octanol–water partition coefficient (Wildman–Crippen LogP) is 4.97. The van der Waals surface area contributed by atoms with Crippen molar-refractivity contribution in [2.45, 2.75) is 33.6 Å². The molecule has 0 aromatic heterocycles. The van der Waals surface area contributed by atoms with Crippen LogP contribution in [0, 0.1) is 19.8 Å². The molecule has 0 radical (unpaired) electrons. The van der Waals surface area contributed by atoms with E-state index in [9.17, 15) is 9.59 Å². The number of nitrogens with zero attached hydrogens (tertiary/aromatic N) is 2. The van der Waals surface area contributed by atoms with Crippen LogP contribution in [0.4, 0.5) is 5.69 Å². The van der Waals surface area contributed by atoms with E-state index in [2.05, 4.69) is 11.8 Å². The Hall–Kier alpha value is -2.59. The van der Waals surface area contributed by atoms with Crippen molar-refractivity contribution in [3.8, 4) is 0 Å². The van der Waals surface area contributed by atoms with Gasteiger partial charge in [-0.1, -0.05) is 54.4 Å². The number of halogens is 1. The van der Waals surface area contributed by atoms with Gasteiger partial charge in [-0.15, -0.1) is 0 Å². The van der Waals surface area contributed by atoms with E-state index in [0.29, 0.717) is 27.9 Å². The van der Waals surface area contributed by atoms with Gasteiger partial charge >= 0.3 is 0 Å². The molecule has 4 nitrogen and oxygen atoms in total. The van der Waals surface area contributed by atoms with Crippen LogP contribution in [-0.2, 0) is 9.59 Å². The minimum absolute atomic E-state index is 0.259. The molecule has 0 aliphatic carbocycles. The zero-order chi connectivity index (χ0) is 20.7. The quantitative estimate of drug-likeness (QED) is 0.673. The molecule has 0 spiro atoms. The van der Waals surface area contributed by atoms with Crippen LogP contribution in [0.2, 0.25) is 5.02 Å². The fourth-order valence-electron chi connectivity index (χ4n) is 4.23. The first-order valence-electron chi connectivity index (χ1n) is 10.1. The van der Waals surface area contributed by atoms with E-state index in [1.807, 2.05) is 44.2 Å². The van der Waals surface area contributed by atoms with Gasteiger partial charge in [0.15, 0.2) is 0 Å². The Balaban J connectivity index is 1.85. The molecule has 0 N–H and O–H groups in total. The molecule has 1 saturated heterocycles. The summed E-state index contributed by atoms with van der Waals surface area (Å²) in [5.41, 5.74) is 4.30. The van der Waals surface area contributed by atoms with Crippen LogP contribution in [0.25, 0.3) is 5.57 Å². The first kappa shape index (κ1) is 19.7. The summed E-state index contributed by atoms with van der Waals surface area (Å²) in [6.07, 6.45) is 2.16. The molecule has 4 rings (SSSR count). The van der Waals surface area contributed by atoms with E-state index in [1.54, 1.807) is 12.1 Å². The Bertz CT molecular complexity index is 1010. The maximum Gasteiger partial charge on any atom is 0.282 e. The third-order valence-electron chi connectivity index (χ3n) is 5.78. The second kappa shape index (κ2) is 7.68. The summed E-state index contributed by atoms with van der Waals surface area (Å²) in [6, 6.07) is 13.1. The number of carbonyl (C=O) groups is 2. The highest BCUT2D eigenvalue weighted by molar-refractivity contribution is 6.45. The van der Waals surface area contributed by atoms with E-state index < -0.39 is 0 Å². The van der Waals surface area contributed by atoms with Gasteiger partial charge in [0.25, 0.3) is 11.8 Å². The number of piperidine rings is 1. The largest absolute Gasteiger partial charge is 0.366 e. The Labute approximate surface area is 176 Å². The molecule has 1 fully saturated rings. The average Bonchev–Trinajstić information content (AvgIpc) is 2.95. The molecule has 5 heteroatoms. The molecular weight excluding hydrogens is 384 g/mol. The SMILES string of the molecule is Cc1ccc(C2=C(N3CCCC(C)C3)C(=O)N(c3cc(Cl)ccc3C)C2=O)cc1. The van der Waals surface area contributed by atoms with Gasteiger partial charge in [0.1, 0.15) is 5.70 Å². The Morgan fingerprint density at radius 1 is 1.00 bits per heavy atom. The molecule has 150 valence electrons. The number of carbonyl (C=O) groups excluding carboxylic acids is 2. The normalized spacial score (nSPS) is 20.1. The lowest BCUT2D eigenvalue weighted by atomic mass is 9.97. The Morgan fingerprint density at radius 2 is 1.72 bits per heavy atom. The summed E-state index contributed by atoms with van der Waals surface area (Å²) in [5.74, 6) is -0.0529. The first-order chi connectivity index (χ1) is 13.9. The smallest absolute Gasteiger partial charge is 0.282 e. The standard InChI is InChI=1S/C24H25ClN2O2/c1-15-6-9-18(10-7-15)21-22(26-12-4-5-16(2)14-26)24(29)27(23(21)28)20-13-19(25)11-8-17(20)3/h6-11,13,16H,4-5,12,14H2,1-3H3. The van der Waals surface area contributed by atoms with Crippen molar-refractivity contribution in [1.82, 2.24) is 4.90 Å². The number of benzene rings is 2. The molecule has 1 atom stereocenters. The van der Waals surface area contributed by atoms with E-state index in [-0.39, 0.29) is 11.8 Å². The molecule has 2 heterocycles.